The minimum atomic E-state index is -4.59. The molecule has 0 fully saturated rings. The van der Waals surface area contributed by atoms with Gasteiger partial charge in [-0.25, -0.2) is 8.78 Å². The standard InChI is InChI=1S/C8H5F5/c9-4-5-1-2-6(3-7(5)10)8(11,12)13/h1-3H,4H2. The van der Waals surface area contributed by atoms with Gasteiger partial charge in [-0.05, 0) is 12.1 Å². The quantitative estimate of drug-likeness (QED) is 0.604. The highest BCUT2D eigenvalue weighted by atomic mass is 19.4. The molecule has 5 heteroatoms. The molecule has 0 N–H and O–H groups in total. The molecule has 1 aromatic carbocycles. The van der Waals surface area contributed by atoms with Gasteiger partial charge in [0, 0.05) is 5.56 Å². The predicted molar refractivity (Wildman–Crippen MR) is 36.2 cm³/mol. The Morgan fingerprint density at radius 1 is 1.15 bits per heavy atom. The maximum Gasteiger partial charge on any atom is 0.416 e. The van der Waals surface area contributed by atoms with E-state index in [4.69, 9.17) is 0 Å². The first-order valence-corrected chi connectivity index (χ1v) is 3.36. The van der Waals surface area contributed by atoms with Crippen LogP contribution in [0.15, 0.2) is 18.2 Å². The van der Waals surface area contributed by atoms with Gasteiger partial charge in [0.1, 0.15) is 12.5 Å². The Labute approximate surface area is 71.0 Å². The topological polar surface area (TPSA) is 0 Å². The lowest BCUT2D eigenvalue weighted by Crippen LogP contribution is -2.05. The summed E-state index contributed by atoms with van der Waals surface area (Å²) in [5.74, 6) is -1.17. The van der Waals surface area contributed by atoms with Gasteiger partial charge in [0.25, 0.3) is 0 Å². The van der Waals surface area contributed by atoms with Gasteiger partial charge in [-0.2, -0.15) is 13.2 Å². The molecule has 1 rings (SSSR count). The molecule has 1 aromatic rings. The monoisotopic (exact) mass is 196 g/mol. The minimum Gasteiger partial charge on any atom is -0.246 e. The van der Waals surface area contributed by atoms with E-state index < -0.39 is 24.2 Å². The van der Waals surface area contributed by atoms with Gasteiger partial charge in [0.15, 0.2) is 0 Å². The zero-order valence-corrected chi connectivity index (χ0v) is 6.33. The van der Waals surface area contributed by atoms with Crippen LogP contribution in [0.25, 0.3) is 0 Å². The first-order chi connectivity index (χ1) is 5.95. The second kappa shape index (κ2) is 3.32. The number of benzene rings is 1. The van der Waals surface area contributed by atoms with Gasteiger partial charge in [-0.3, -0.25) is 0 Å². The third kappa shape index (κ3) is 2.17. The van der Waals surface area contributed by atoms with Crippen LogP contribution in [0.2, 0.25) is 0 Å². The highest BCUT2D eigenvalue weighted by molar-refractivity contribution is 5.25. The van der Waals surface area contributed by atoms with E-state index in [2.05, 4.69) is 0 Å². The minimum absolute atomic E-state index is 0.287. The Kier molecular flexibility index (Phi) is 2.54. The molecule has 0 saturated carbocycles. The number of halogens is 5. The van der Waals surface area contributed by atoms with Crippen LogP contribution in [-0.4, -0.2) is 0 Å². The fraction of sp³-hybridized carbons (Fsp3) is 0.250. The number of hydrogen-bond acceptors (Lipinski definition) is 0. The highest BCUT2D eigenvalue weighted by Crippen LogP contribution is 2.30. The number of rotatable bonds is 1. The molecule has 0 aliphatic carbocycles. The molecule has 0 amide bonds. The Morgan fingerprint density at radius 3 is 2.15 bits per heavy atom. The zero-order valence-electron chi connectivity index (χ0n) is 6.33. The summed E-state index contributed by atoms with van der Waals surface area (Å²) < 4.78 is 60.4. The van der Waals surface area contributed by atoms with E-state index in [1.807, 2.05) is 0 Å². The van der Waals surface area contributed by atoms with Gasteiger partial charge in [-0.1, -0.05) is 6.07 Å². The Balaban J connectivity index is 3.10. The number of hydrogen-bond donors (Lipinski definition) is 0. The van der Waals surface area contributed by atoms with E-state index in [-0.39, 0.29) is 11.6 Å². The maximum atomic E-state index is 12.6. The average Bonchev–Trinajstić information content (AvgIpc) is 2.02. The summed E-state index contributed by atoms with van der Waals surface area (Å²) in [5, 5.41) is 0. The Morgan fingerprint density at radius 2 is 1.77 bits per heavy atom. The van der Waals surface area contributed by atoms with Gasteiger partial charge >= 0.3 is 6.18 Å². The van der Waals surface area contributed by atoms with Crippen LogP contribution in [0.1, 0.15) is 11.1 Å². The van der Waals surface area contributed by atoms with Gasteiger partial charge in [0.2, 0.25) is 0 Å². The zero-order chi connectivity index (χ0) is 10.1. The second-order valence-electron chi connectivity index (χ2n) is 2.44. The molecule has 0 bridgehead atoms. The summed E-state index contributed by atoms with van der Waals surface area (Å²) in [5.41, 5.74) is -1.48. The van der Waals surface area contributed by atoms with Gasteiger partial charge in [-0.15, -0.1) is 0 Å². The van der Waals surface area contributed by atoms with Gasteiger partial charge in [0.05, 0.1) is 5.56 Å². The summed E-state index contributed by atoms with van der Waals surface area (Å²) in [6.07, 6.45) is -4.59. The van der Waals surface area contributed by atoms with E-state index >= 15 is 0 Å². The van der Waals surface area contributed by atoms with E-state index in [1.54, 1.807) is 0 Å². The molecule has 0 spiro atoms. The third-order valence-electron chi connectivity index (χ3n) is 1.52. The summed E-state index contributed by atoms with van der Waals surface area (Å²) in [4.78, 5) is 0. The van der Waals surface area contributed by atoms with Crippen LogP contribution in [0.3, 0.4) is 0 Å². The average molecular weight is 196 g/mol. The van der Waals surface area contributed by atoms with Gasteiger partial charge < -0.3 is 0 Å². The molecule has 13 heavy (non-hydrogen) atoms. The largest absolute Gasteiger partial charge is 0.416 e. The van der Waals surface area contributed by atoms with E-state index in [9.17, 15) is 22.0 Å². The lowest BCUT2D eigenvalue weighted by Gasteiger charge is -2.07. The molecule has 0 aromatic heterocycles. The summed E-state index contributed by atoms with van der Waals surface area (Å²) >= 11 is 0. The Bertz CT molecular complexity index is 302. The highest BCUT2D eigenvalue weighted by Gasteiger charge is 2.31. The lowest BCUT2D eigenvalue weighted by molar-refractivity contribution is -0.137. The van der Waals surface area contributed by atoms with Crippen LogP contribution in [0.5, 0.6) is 0 Å². The molecular formula is C8H5F5. The second-order valence-corrected chi connectivity index (χ2v) is 2.44. The molecule has 0 saturated heterocycles. The van der Waals surface area contributed by atoms with Crippen molar-refractivity contribution in [2.45, 2.75) is 12.9 Å². The lowest BCUT2D eigenvalue weighted by atomic mass is 10.1. The number of alkyl halides is 4. The van der Waals surface area contributed by atoms with E-state index in [0.717, 1.165) is 6.07 Å². The van der Waals surface area contributed by atoms with Crippen molar-refractivity contribution in [1.82, 2.24) is 0 Å². The van der Waals surface area contributed by atoms with Crippen molar-refractivity contribution in [3.05, 3.63) is 35.1 Å². The van der Waals surface area contributed by atoms with Crippen LogP contribution >= 0.6 is 0 Å². The Hall–Kier alpha value is -1.13. The van der Waals surface area contributed by atoms with Crippen molar-refractivity contribution in [2.24, 2.45) is 0 Å². The molecule has 0 unspecified atom stereocenters. The normalized spacial score (nSPS) is 11.8. The van der Waals surface area contributed by atoms with Crippen molar-refractivity contribution in [3.63, 3.8) is 0 Å². The van der Waals surface area contributed by atoms with E-state index in [0.29, 0.717) is 6.07 Å². The molecule has 0 nitrogen and oxygen atoms in total. The van der Waals surface area contributed by atoms with Crippen molar-refractivity contribution < 1.29 is 22.0 Å². The molecule has 0 aliphatic rings. The van der Waals surface area contributed by atoms with Crippen molar-refractivity contribution >= 4 is 0 Å². The van der Waals surface area contributed by atoms with Crippen LogP contribution in [-0.2, 0) is 12.9 Å². The summed E-state index contributed by atoms with van der Waals surface area (Å²) in [6.45, 7) is -1.11. The molecule has 0 radical (unpaired) electrons. The van der Waals surface area contributed by atoms with E-state index in [1.165, 1.54) is 0 Å². The first kappa shape index (κ1) is 9.95. The van der Waals surface area contributed by atoms with Crippen molar-refractivity contribution in [3.8, 4) is 0 Å². The SMILES string of the molecule is FCc1ccc(C(F)(F)F)cc1F. The first-order valence-electron chi connectivity index (χ1n) is 3.36. The van der Waals surface area contributed by atoms with Crippen molar-refractivity contribution in [2.75, 3.05) is 0 Å². The van der Waals surface area contributed by atoms with Crippen molar-refractivity contribution in [1.29, 1.82) is 0 Å². The van der Waals surface area contributed by atoms with Crippen LogP contribution in [0, 0.1) is 5.82 Å². The third-order valence-corrected chi connectivity index (χ3v) is 1.52. The molecule has 72 valence electrons. The fourth-order valence-electron chi connectivity index (χ4n) is 0.832. The molecule has 0 atom stereocenters. The predicted octanol–water partition coefficient (Wildman–Crippen LogP) is 3.31. The maximum absolute atomic E-state index is 12.6. The van der Waals surface area contributed by atoms with Crippen LogP contribution < -0.4 is 0 Å². The summed E-state index contributed by atoms with van der Waals surface area (Å²) in [7, 11) is 0. The molecule has 0 aliphatic heterocycles. The fourth-order valence-corrected chi connectivity index (χ4v) is 0.832. The van der Waals surface area contributed by atoms with Crippen LogP contribution in [0.4, 0.5) is 22.0 Å². The molecule has 0 heterocycles. The molecular weight excluding hydrogens is 191 g/mol. The summed E-state index contributed by atoms with van der Waals surface area (Å²) in [6, 6.07) is 1.73. The smallest absolute Gasteiger partial charge is 0.246 e.